The lowest BCUT2D eigenvalue weighted by Gasteiger charge is -2.41. The Morgan fingerprint density at radius 3 is 1.48 bits per heavy atom. The van der Waals surface area contributed by atoms with Crippen LogP contribution in [0.15, 0.2) is 85.1 Å². The molecule has 73 heavy (non-hydrogen) atoms. The Morgan fingerprint density at radius 2 is 0.986 bits per heavy atom. The minimum absolute atomic E-state index is 0.0658. The number of ether oxygens (including phenoxy) is 3. The molecule has 1 amide bonds. The van der Waals surface area contributed by atoms with Crippen LogP contribution in [-0.4, -0.2) is 99.6 Å². The standard InChI is InChI=1S/C62H107NO10/c1-4-7-10-13-16-19-22-24-25-26-27-28-29-30-31-32-35-38-41-44-47-50-57(67)73-60-59(69)58(68)56(51-64)72-62(60)71-52-53(54(65)48-45-42-39-36-33-21-18-15-12-9-6-3)63-61(70)55(66)49-46-43-40-37-34-23-20-17-14-11-8-5-2/h7,10,16,19,24-25,27-28,30-31,35,38,45,48,53-56,58-60,62,64-66,68-69H,4-6,8-9,11-15,17-18,20-23,26,29,32-34,36-37,39-44,46-47,49-52H2,1-3H3,(H,63,70)/b10-7-,19-16-,25-24-,28-27-,31-30-,38-35-,48-45+. The second-order valence-corrected chi connectivity index (χ2v) is 20.0. The molecule has 1 aliphatic heterocycles. The monoisotopic (exact) mass is 1030 g/mol. The van der Waals surface area contributed by atoms with E-state index in [0.29, 0.717) is 12.8 Å². The van der Waals surface area contributed by atoms with Gasteiger partial charge in [0.1, 0.15) is 24.4 Å². The maximum absolute atomic E-state index is 13.3. The average Bonchev–Trinajstić information content (AvgIpc) is 3.39. The number of rotatable bonds is 48. The quantitative estimate of drug-likeness (QED) is 0.0195. The normalized spacial score (nSPS) is 20.0. The second-order valence-electron chi connectivity index (χ2n) is 20.0. The minimum atomic E-state index is -1.63. The Labute approximate surface area is 444 Å². The van der Waals surface area contributed by atoms with Crippen molar-refractivity contribution in [3.05, 3.63) is 85.1 Å². The molecule has 8 unspecified atom stereocenters. The fourth-order valence-corrected chi connectivity index (χ4v) is 8.65. The van der Waals surface area contributed by atoms with Gasteiger partial charge in [0.2, 0.25) is 5.91 Å². The third kappa shape index (κ3) is 38.1. The van der Waals surface area contributed by atoms with Crippen LogP contribution < -0.4 is 5.32 Å². The highest BCUT2D eigenvalue weighted by Gasteiger charge is 2.47. The number of hydrogen-bond donors (Lipinski definition) is 6. The highest BCUT2D eigenvalue weighted by Crippen LogP contribution is 2.26. The van der Waals surface area contributed by atoms with E-state index < -0.39 is 67.4 Å². The van der Waals surface area contributed by atoms with Crippen molar-refractivity contribution in [3.63, 3.8) is 0 Å². The van der Waals surface area contributed by atoms with Gasteiger partial charge in [-0.3, -0.25) is 9.59 Å². The zero-order chi connectivity index (χ0) is 53.3. The van der Waals surface area contributed by atoms with Gasteiger partial charge in [-0.1, -0.05) is 234 Å². The van der Waals surface area contributed by atoms with Crippen molar-refractivity contribution in [2.45, 2.75) is 282 Å². The Balaban J connectivity index is 2.71. The van der Waals surface area contributed by atoms with Gasteiger partial charge in [0.25, 0.3) is 0 Å². The van der Waals surface area contributed by atoms with E-state index >= 15 is 0 Å². The van der Waals surface area contributed by atoms with Gasteiger partial charge in [-0.15, -0.1) is 0 Å². The summed E-state index contributed by atoms with van der Waals surface area (Å²) in [6, 6.07) is -1.03. The molecule has 0 aromatic heterocycles. The van der Waals surface area contributed by atoms with Gasteiger partial charge in [0.15, 0.2) is 12.4 Å². The summed E-state index contributed by atoms with van der Waals surface area (Å²) in [6.45, 7) is 5.62. The number of hydrogen-bond acceptors (Lipinski definition) is 10. The van der Waals surface area contributed by atoms with E-state index in [1.165, 1.54) is 96.3 Å². The number of unbranched alkanes of at least 4 members (excludes halogenated alkanes) is 22. The number of nitrogens with one attached hydrogen (secondary N) is 1. The Morgan fingerprint density at radius 1 is 0.548 bits per heavy atom. The van der Waals surface area contributed by atoms with Gasteiger partial charge in [-0.05, 0) is 77.0 Å². The van der Waals surface area contributed by atoms with Crippen molar-refractivity contribution < 1.29 is 49.3 Å². The molecule has 0 aromatic rings. The van der Waals surface area contributed by atoms with E-state index in [1.807, 2.05) is 6.08 Å². The van der Waals surface area contributed by atoms with E-state index in [2.05, 4.69) is 99.0 Å². The van der Waals surface area contributed by atoms with Crippen molar-refractivity contribution in [2.24, 2.45) is 0 Å². The molecule has 0 bridgehead atoms. The van der Waals surface area contributed by atoms with Crippen LogP contribution >= 0.6 is 0 Å². The summed E-state index contributed by atoms with van der Waals surface area (Å²) in [6.07, 6.45) is 53.4. The Kier molecular flexibility index (Phi) is 46.2. The molecule has 0 spiro atoms. The molecule has 6 N–H and O–H groups in total. The molecule has 0 aromatic carbocycles. The van der Waals surface area contributed by atoms with Crippen molar-refractivity contribution >= 4 is 11.9 Å². The van der Waals surface area contributed by atoms with Crippen LogP contribution in [0.4, 0.5) is 0 Å². The van der Waals surface area contributed by atoms with E-state index in [1.54, 1.807) is 6.08 Å². The number of carbonyl (C=O) groups excluding carboxylic acids is 2. The highest BCUT2D eigenvalue weighted by atomic mass is 16.7. The molecule has 0 radical (unpaired) electrons. The van der Waals surface area contributed by atoms with E-state index in [9.17, 15) is 35.1 Å². The lowest BCUT2D eigenvalue weighted by atomic mass is 9.99. The maximum Gasteiger partial charge on any atom is 0.306 e. The van der Waals surface area contributed by atoms with Gasteiger partial charge >= 0.3 is 5.97 Å². The summed E-state index contributed by atoms with van der Waals surface area (Å²) in [7, 11) is 0. The smallest absolute Gasteiger partial charge is 0.306 e. The third-order valence-electron chi connectivity index (χ3n) is 13.3. The van der Waals surface area contributed by atoms with Crippen LogP contribution in [0.1, 0.15) is 233 Å². The molecule has 1 saturated heterocycles. The predicted octanol–water partition coefficient (Wildman–Crippen LogP) is 13.4. The molecule has 0 aliphatic carbocycles. The maximum atomic E-state index is 13.3. The molecule has 11 nitrogen and oxygen atoms in total. The largest absolute Gasteiger partial charge is 0.454 e. The molecule has 0 saturated carbocycles. The summed E-state index contributed by atoms with van der Waals surface area (Å²) in [5.41, 5.74) is 0. The second kappa shape index (κ2) is 49.7. The fraction of sp³-hybridized carbons (Fsp3) is 0.742. The lowest BCUT2D eigenvalue weighted by molar-refractivity contribution is -0.305. The van der Waals surface area contributed by atoms with Crippen LogP contribution in [-0.2, 0) is 23.8 Å². The zero-order valence-electron chi connectivity index (χ0n) is 46.2. The van der Waals surface area contributed by atoms with E-state index in [-0.39, 0.29) is 19.4 Å². The molecule has 8 atom stereocenters. The molecule has 1 fully saturated rings. The van der Waals surface area contributed by atoms with Gasteiger partial charge in [0.05, 0.1) is 25.4 Å². The molecule has 420 valence electrons. The van der Waals surface area contributed by atoms with Gasteiger partial charge in [-0.25, -0.2) is 0 Å². The molecule has 1 aliphatic rings. The molecule has 1 rings (SSSR count). The van der Waals surface area contributed by atoms with Crippen LogP contribution in [0.5, 0.6) is 0 Å². The van der Waals surface area contributed by atoms with Crippen LogP contribution in [0, 0.1) is 0 Å². The first-order valence-electron chi connectivity index (χ1n) is 29.4. The summed E-state index contributed by atoms with van der Waals surface area (Å²) in [4.78, 5) is 26.4. The van der Waals surface area contributed by atoms with Crippen molar-refractivity contribution in [1.82, 2.24) is 5.32 Å². The van der Waals surface area contributed by atoms with Crippen LogP contribution in [0.2, 0.25) is 0 Å². The van der Waals surface area contributed by atoms with Crippen molar-refractivity contribution in [3.8, 4) is 0 Å². The molecular formula is C62H107NO10. The number of esters is 1. The first kappa shape index (κ1) is 67.9. The third-order valence-corrected chi connectivity index (χ3v) is 13.3. The molecule has 1 heterocycles. The Hall–Kier alpha value is -3.16. The van der Waals surface area contributed by atoms with Crippen LogP contribution in [0.3, 0.4) is 0 Å². The van der Waals surface area contributed by atoms with Crippen molar-refractivity contribution in [2.75, 3.05) is 13.2 Å². The fourth-order valence-electron chi connectivity index (χ4n) is 8.65. The van der Waals surface area contributed by atoms with Gasteiger partial charge in [-0.2, -0.15) is 0 Å². The van der Waals surface area contributed by atoms with E-state index in [4.69, 9.17) is 14.2 Å². The van der Waals surface area contributed by atoms with Gasteiger partial charge in [0, 0.05) is 6.42 Å². The summed E-state index contributed by atoms with van der Waals surface area (Å²) < 4.78 is 17.5. The van der Waals surface area contributed by atoms with E-state index in [0.717, 1.165) is 89.9 Å². The molecule has 11 heteroatoms. The molecular weight excluding hydrogens is 919 g/mol. The number of aliphatic hydroxyl groups is 5. The summed E-state index contributed by atoms with van der Waals surface area (Å²) >= 11 is 0. The summed E-state index contributed by atoms with van der Waals surface area (Å²) in [5, 5.41) is 56.8. The topological polar surface area (TPSA) is 175 Å². The zero-order valence-corrected chi connectivity index (χ0v) is 46.2. The Bertz CT molecular complexity index is 1510. The number of amides is 1. The SMILES string of the molecule is CC/C=C\C/C=C\C/C=C\C/C=C\C/C=C\C/C=C\CCCCC(=O)OC1C(OCC(NC(=O)C(O)CCCCCCCCCCCCCC)C(O)/C=C/CCCCCCCCCCC)OC(CO)C(O)C1O. The van der Waals surface area contributed by atoms with Gasteiger partial charge < -0.3 is 45.1 Å². The first-order valence-corrected chi connectivity index (χ1v) is 29.4. The average molecular weight is 1030 g/mol. The van der Waals surface area contributed by atoms with Crippen LogP contribution in [0.25, 0.3) is 0 Å². The lowest BCUT2D eigenvalue weighted by Crippen LogP contribution is -2.61. The number of aliphatic hydroxyl groups excluding tert-OH is 5. The first-order chi connectivity index (χ1) is 35.7. The number of carbonyl (C=O) groups is 2. The summed E-state index contributed by atoms with van der Waals surface area (Å²) in [5.74, 6) is -1.24. The highest BCUT2D eigenvalue weighted by molar-refractivity contribution is 5.80. The van der Waals surface area contributed by atoms with Crippen molar-refractivity contribution in [1.29, 1.82) is 0 Å². The number of allylic oxidation sites excluding steroid dienone is 13. The minimum Gasteiger partial charge on any atom is -0.454 e. The predicted molar refractivity (Wildman–Crippen MR) is 301 cm³/mol.